The fourth-order valence-electron chi connectivity index (χ4n) is 2.09. The summed E-state index contributed by atoms with van der Waals surface area (Å²) in [6, 6.07) is 9.69. The standard InChI is InChI=1S/C17H28O3Si/c1-13(15(18)19)17(5,14-11-9-8-10-12-14)20-21(6,7)16(2,3)4/h8-13H,1-7H3,(H,18,19). The highest BCUT2D eigenvalue weighted by Gasteiger charge is 2.47. The van der Waals surface area contributed by atoms with Gasteiger partial charge in [0, 0.05) is 0 Å². The van der Waals surface area contributed by atoms with Gasteiger partial charge in [-0.1, -0.05) is 51.1 Å². The summed E-state index contributed by atoms with van der Waals surface area (Å²) in [5, 5.41) is 9.54. The maximum atomic E-state index is 11.6. The molecule has 0 saturated carbocycles. The molecule has 4 heteroatoms. The van der Waals surface area contributed by atoms with E-state index in [-0.39, 0.29) is 5.04 Å². The molecule has 0 aliphatic carbocycles. The van der Waals surface area contributed by atoms with E-state index in [2.05, 4.69) is 33.9 Å². The average molecular weight is 308 g/mol. The maximum absolute atomic E-state index is 11.6. The number of carboxylic acids is 1. The molecule has 1 N–H and O–H groups in total. The van der Waals surface area contributed by atoms with Gasteiger partial charge in [0.2, 0.25) is 0 Å². The molecule has 0 aliphatic rings. The van der Waals surface area contributed by atoms with E-state index < -0.39 is 25.8 Å². The minimum Gasteiger partial charge on any atom is -0.481 e. The lowest BCUT2D eigenvalue weighted by molar-refractivity contribution is -0.149. The predicted octanol–water partition coefficient (Wildman–Crippen LogP) is 4.64. The fraction of sp³-hybridized carbons (Fsp3) is 0.588. The van der Waals surface area contributed by atoms with Crippen molar-refractivity contribution in [1.29, 1.82) is 0 Å². The average Bonchev–Trinajstić information content (AvgIpc) is 2.36. The first-order valence-electron chi connectivity index (χ1n) is 7.40. The number of hydrogen-bond acceptors (Lipinski definition) is 2. The first kappa shape index (κ1) is 17.9. The number of carboxylic acid groups (broad SMARTS) is 1. The molecule has 21 heavy (non-hydrogen) atoms. The van der Waals surface area contributed by atoms with Crippen molar-refractivity contribution in [3.63, 3.8) is 0 Å². The lowest BCUT2D eigenvalue weighted by atomic mass is 9.84. The van der Waals surface area contributed by atoms with Crippen LogP contribution in [0.4, 0.5) is 0 Å². The van der Waals surface area contributed by atoms with Crippen LogP contribution in [0, 0.1) is 5.92 Å². The Bertz CT molecular complexity index is 491. The monoisotopic (exact) mass is 308 g/mol. The highest BCUT2D eigenvalue weighted by atomic mass is 28.4. The van der Waals surface area contributed by atoms with Gasteiger partial charge in [0.15, 0.2) is 8.32 Å². The van der Waals surface area contributed by atoms with Gasteiger partial charge in [-0.05, 0) is 37.5 Å². The van der Waals surface area contributed by atoms with Crippen molar-refractivity contribution in [2.45, 2.75) is 58.4 Å². The third-order valence-electron chi connectivity index (χ3n) is 4.82. The molecule has 0 aliphatic heterocycles. The molecule has 0 heterocycles. The zero-order valence-electron chi connectivity index (χ0n) is 14.2. The second-order valence-electron chi connectivity index (χ2n) is 7.40. The Morgan fingerprint density at radius 1 is 1.14 bits per heavy atom. The normalized spacial score (nSPS) is 17.1. The van der Waals surface area contributed by atoms with Crippen LogP contribution in [0.15, 0.2) is 30.3 Å². The Kier molecular flexibility index (Phi) is 5.06. The quantitative estimate of drug-likeness (QED) is 0.806. The van der Waals surface area contributed by atoms with Crippen molar-refractivity contribution in [1.82, 2.24) is 0 Å². The number of aliphatic carboxylic acids is 1. The molecule has 1 rings (SSSR count). The van der Waals surface area contributed by atoms with E-state index >= 15 is 0 Å². The molecule has 0 radical (unpaired) electrons. The van der Waals surface area contributed by atoms with Gasteiger partial charge >= 0.3 is 5.97 Å². The predicted molar refractivity (Wildman–Crippen MR) is 88.9 cm³/mol. The summed E-state index contributed by atoms with van der Waals surface area (Å²) in [4.78, 5) is 11.6. The van der Waals surface area contributed by atoms with Gasteiger partial charge in [-0.25, -0.2) is 0 Å². The molecule has 0 amide bonds. The lowest BCUT2D eigenvalue weighted by Gasteiger charge is -2.46. The third kappa shape index (κ3) is 3.74. The molecular weight excluding hydrogens is 280 g/mol. The lowest BCUT2D eigenvalue weighted by Crippen LogP contribution is -2.51. The van der Waals surface area contributed by atoms with Gasteiger partial charge < -0.3 is 9.53 Å². The Morgan fingerprint density at radius 2 is 1.62 bits per heavy atom. The highest BCUT2D eigenvalue weighted by Crippen LogP contribution is 2.44. The van der Waals surface area contributed by atoms with Gasteiger partial charge in [-0.2, -0.15) is 0 Å². The summed E-state index contributed by atoms with van der Waals surface area (Å²) in [5.74, 6) is -1.45. The van der Waals surface area contributed by atoms with Gasteiger partial charge in [0.1, 0.15) is 0 Å². The molecular formula is C17H28O3Si. The van der Waals surface area contributed by atoms with E-state index in [1.165, 1.54) is 0 Å². The largest absolute Gasteiger partial charge is 0.481 e. The van der Waals surface area contributed by atoms with Gasteiger partial charge in [-0.15, -0.1) is 0 Å². The van der Waals surface area contributed by atoms with Crippen LogP contribution in [-0.2, 0) is 14.8 Å². The Hall–Kier alpha value is -1.13. The Labute approximate surface area is 129 Å². The molecule has 0 saturated heterocycles. The maximum Gasteiger partial charge on any atom is 0.309 e. The number of hydrogen-bond donors (Lipinski definition) is 1. The zero-order chi connectivity index (χ0) is 16.5. The summed E-state index contributed by atoms with van der Waals surface area (Å²) in [6.45, 7) is 14.4. The van der Waals surface area contributed by atoms with Crippen LogP contribution in [0.25, 0.3) is 0 Å². The van der Waals surface area contributed by atoms with Crippen molar-refractivity contribution in [2.24, 2.45) is 5.92 Å². The van der Waals surface area contributed by atoms with Crippen LogP contribution in [0.5, 0.6) is 0 Å². The summed E-state index contributed by atoms with van der Waals surface area (Å²) in [6.07, 6.45) is 0. The number of rotatable bonds is 5. The fourth-order valence-corrected chi connectivity index (χ4v) is 3.75. The van der Waals surface area contributed by atoms with Crippen LogP contribution in [0.3, 0.4) is 0 Å². The zero-order valence-corrected chi connectivity index (χ0v) is 15.2. The first-order chi connectivity index (χ1) is 9.42. The van der Waals surface area contributed by atoms with Crippen molar-refractivity contribution < 1.29 is 14.3 Å². The van der Waals surface area contributed by atoms with E-state index in [4.69, 9.17) is 4.43 Å². The number of carbonyl (C=O) groups is 1. The highest BCUT2D eigenvalue weighted by molar-refractivity contribution is 6.74. The summed E-state index contributed by atoms with van der Waals surface area (Å²) < 4.78 is 6.56. The van der Waals surface area contributed by atoms with E-state index in [1.807, 2.05) is 37.3 Å². The second-order valence-corrected chi connectivity index (χ2v) is 12.1. The Balaban J connectivity index is 3.31. The molecule has 2 atom stereocenters. The van der Waals surface area contributed by atoms with Crippen molar-refractivity contribution in [2.75, 3.05) is 0 Å². The van der Waals surface area contributed by atoms with Gasteiger partial charge in [-0.3, -0.25) is 4.79 Å². The van der Waals surface area contributed by atoms with Crippen LogP contribution in [-0.4, -0.2) is 19.4 Å². The van der Waals surface area contributed by atoms with Crippen LogP contribution in [0.2, 0.25) is 18.1 Å². The Morgan fingerprint density at radius 3 is 2.00 bits per heavy atom. The smallest absolute Gasteiger partial charge is 0.309 e. The van der Waals surface area contributed by atoms with E-state index in [1.54, 1.807) is 6.92 Å². The van der Waals surface area contributed by atoms with Crippen molar-refractivity contribution in [3.8, 4) is 0 Å². The van der Waals surface area contributed by atoms with E-state index in [9.17, 15) is 9.90 Å². The minimum atomic E-state index is -2.10. The minimum absolute atomic E-state index is 0.0290. The topological polar surface area (TPSA) is 46.5 Å². The second kappa shape index (κ2) is 5.93. The molecule has 0 spiro atoms. The number of benzene rings is 1. The summed E-state index contributed by atoms with van der Waals surface area (Å²) >= 11 is 0. The molecule has 118 valence electrons. The molecule has 2 unspecified atom stereocenters. The summed E-state index contributed by atoms with van der Waals surface area (Å²) in [7, 11) is -2.10. The van der Waals surface area contributed by atoms with E-state index in [0.29, 0.717) is 0 Å². The van der Waals surface area contributed by atoms with Gasteiger partial charge in [0.05, 0.1) is 11.5 Å². The third-order valence-corrected chi connectivity index (χ3v) is 9.36. The molecule has 0 fully saturated rings. The molecule has 1 aromatic rings. The SMILES string of the molecule is CC(C(=O)O)C(C)(O[Si](C)(C)C(C)(C)C)c1ccccc1. The van der Waals surface area contributed by atoms with Crippen LogP contribution in [0.1, 0.15) is 40.2 Å². The molecule has 0 bridgehead atoms. The first-order valence-corrected chi connectivity index (χ1v) is 10.3. The van der Waals surface area contributed by atoms with Crippen molar-refractivity contribution >= 4 is 14.3 Å². The molecule has 1 aromatic carbocycles. The van der Waals surface area contributed by atoms with Gasteiger partial charge in [0.25, 0.3) is 0 Å². The van der Waals surface area contributed by atoms with Crippen LogP contribution < -0.4 is 0 Å². The van der Waals surface area contributed by atoms with E-state index in [0.717, 1.165) is 5.56 Å². The summed E-state index contributed by atoms with van der Waals surface area (Å²) in [5.41, 5.74) is 0.0977. The van der Waals surface area contributed by atoms with Crippen molar-refractivity contribution in [3.05, 3.63) is 35.9 Å². The molecule has 0 aromatic heterocycles. The molecule has 3 nitrogen and oxygen atoms in total. The van der Waals surface area contributed by atoms with Crippen LogP contribution >= 0.6 is 0 Å².